The molecule has 2 aliphatic heterocycles. The minimum Gasteiger partial charge on any atom is -0.465 e. The zero-order valence-electron chi connectivity index (χ0n) is 9.56. The van der Waals surface area contributed by atoms with Crippen molar-refractivity contribution >= 4 is 12.1 Å². The van der Waals surface area contributed by atoms with Crippen LogP contribution in [-0.4, -0.2) is 70.5 Å². The van der Waals surface area contributed by atoms with Crippen LogP contribution in [0.2, 0.25) is 0 Å². The lowest BCUT2D eigenvalue weighted by molar-refractivity contribution is -0.0313. The van der Waals surface area contributed by atoms with Crippen molar-refractivity contribution in [3.8, 4) is 0 Å². The maximum atomic E-state index is 11.4. The van der Waals surface area contributed by atoms with Gasteiger partial charge in [-0.1, -0.05) is 0 Å². The lowest BCUT2D eigenvalue weighted by atomic mass is 9.91. The zero-order chi connectivity index (χ0) is 12.5. The van der Waals surface area contributed by atoms with Gasteiger partial charge in [-0.15, -0.1) is 0 Å². The molecule has 3 amide bonds. The van der Waals surface area contributed by atoms with E-state index < -0.39 is 11.7 Å². The van der Waals surface area contributed by atoms with Gasteiger partial charge in [0.15, 0.2) is 0 Å². The first-order chi connectivity index (χ1) is 8.00. The summed E-state index contributed by atoms with van der Waals surface area (Å²) in [4.78, 5) is 25.0. The van der Waals surface area contributed by atoms with Crippen LogP contribution in [0.25, 0.3) is 0 Å². The molecule has 0 aliphatic carbocycles. The number of hydrogen-bond donors (Lipinski definition) is 3. The van der Waals surface area contributed by atoms with E-state index in [1.807, 2.05) is 0 Å². The summed E-state index contributed by atoms with van der Waals surface area (Å²) >= 11 is 0. The Balaban J connectivity index is 1.88. The van der Waals surface area contributed by atoms with E-state index in [0.717, 1.165) is 0 Å². The number of piperidine rings is 1. The minimum atomic E-state index is -0.953. The highest BCUT2D eigenvalue weighted by Crippen LogP contribution is 2.24. The molecular formula is C10H17N3O4. The molecule has 0 unspecified atom stereocenters. The number of likely N-dealkylation sites (tertiary alicyclic amines) is 1. The van der Waals surface area contributed by atoms with Gasteiger partial charge in [-0.2, -0.15) is 0 Å². The van der Waals surface area contributed by atoms with Crippen LogP contribution in [0.4, 0.5) is 9.59 Å². The number of rotatable bonds is 2. The van der Waals surface area contributed by atoms with Gasteiger partial charge < -0.3 is 25.3 Å². The summed E-state index contributed by atoms with van der Waals surface area (Å²) in [6, 6.07) is -0.154. The molecule has 0 radical (unpaired) electrons. The van der Waals surface area contributed by atoms with Crippen LogP contribution in [0.5, 0.6) is 0 Å². The van der Waals surface area contributed by atoms with E-state index in [-0.39, 0.29) is 12.6 Å². The first-order valence-corrected chi connectivity index (χ1v) is 5.73. The van der Waals surface area contributed by atoms with Crippen LogP contribution in [0, 0.1) is 0 Å². The lowest BCUT2D eigenvalue weighted by Gasteiger charge is -2.38. The van der Waals surface area contributed by atoms with Gasteiger partial charge in [0.1, 0.15) is 0 Å². The number of amides is 3. The van der Waals surface area contributed by atoms with E-state index in [1.54, 1.807) is 4.90 Å². The van der Waals surface area contributed by atoms with Crippen molar-refractivity contribution in [2.24, 2.45) is 0 Å². The molecule has 2 rings (SSSR count). The van der Waals surface area contributed by atoms with Crippen LogP contribution in [0.1, 0.15) is 12.8 Å². The van der Waals surface area contributed by atoms with Gasteiger partial charge in [0, 0.05) is 26.2 Å². The predicted octanol–water partition coefficient (Wildman–Crippen LogP) is -0.484. The lowest BCUT2D eigenvalue weighted by Crippen LogP contribution is -2.52. The largest absolute Gasteiger partial charge is 0.465 e. The number of aliphatic hydroxyl groups is 1. The Bertz CT molecular complexity index is 326. The second kappa shape index (κ2) is 4.40. The number of nitrogens with one attached hydrogen (secondary N) is 1. The highest BCUT2D eigenvalue weighted by atomic mass is 16.4. The topological polar surface area (TPSA) is 93.1 Å². The molecule has 17 heavy (non-hydrogen) atoms. The molecule has 0 spiro atoms. The Morgan fingerprint density at radius 2 is 2.00 bits per heavy atom. The molecule has 2 aliphatic rings. The molecule has 0 aromatic heterocycles. The Morgan fingerprint density at radius 3 is 2.47 bits per heavy atom. The van der Waals surface area contributed by atoms with E-state index in [9.17, 15) is 14.7 Å². The summed E-state index contributed by atoms with van der Waals surface area (Å²) in [6.45, 7) is 2.13. The fourth-order valence-electron chi connectivity index (χ4n) is 2.29. The predicted molar refractivity (Wildman–Crippen MR) is 58.8 cm³/mol. The van der Waals surface area contributed by atoms with Gasteiger partial charge in [-0.25, -0.2) is 9.59 Å². The van der Waals surface area contributed by atoms with Crippen molar-refractivity contribution in [2.75, 3.05) is 32.7 Å². The van der Waals surface area contributed by atoms with Crippen molar-refractivity contribution in [1.82, 2.24) is 15.1 Å². The molecule has 7 nitrogen and oxygen atoms in total. The summed E-state index contributed by atoms with van der Waals surface area (Å²) in [5.41, 5.74) is -0.951. The van der Waals surface area contributed by atoms with Gasteiger partial charge in [-0.05, 0) is 12.8 Å². The molecular weight excluding hydrogens is 226 g/mol. The molecule has 3 N–H and O–H groups in total. The van der Waals surface area contributed by atoms with Crippen LogP contribution in [-0.2, 0) is 0 Å². The number of β-amino-alcohol motifs (C(OH)–C–C–N with tert-alkyl or cyclic N) is 1. The van der Waals surface area contributed by atoms with Crippen molar-refractivity contribution in [3.63, 3.8) is 0 Å². The number of nitrogens with zero attached hydrogens (tertiary/aromatic N) is 2. The average Bonchev–Trinajstić information content (AvgIpc) is 2.64. The van der Waals surface area contributed by atoms with Crippen molar-refractivity contribution < 1.29 is 19.8 Å². The molecule has 0 saturated carbocycles. The standard InChI is InChI=1S/C10H17N3O4/c14-8-11-3-6-13(8)7-10(17)1-4-12(5-2-10)9(15)16/h17H,1-7H2,(H,11,14)(H,15,16). The van der Waals surface area contributed by atoms with E-state index in [1.165, 1.54) is 4.90 Å². The average molecular weight is 243 g/mol. The Morgan fingerprint density at radius 1 is 1.35 bits per heavy atom. The molecule has 0 bridgehead atoms. The maximum Gasteiger partial charge on any atom is 0.407 e. The Hall–Kier alpha value is -1.50. The third kappa shape index (κ3) is 2.60. The number of carboxylic acid groups (broad SMARTS) is 1. The molecule has 2 heterocycles. The van der Waals surface area contributed by atoms with E-state index in [2.05, 4.69) is 5.32 Å². The monoisotopic (exact) mass is 243 g/mol. The van der Waals surface area contributed by atoms with Crippen LogP contribution < -0.4 is 5.32 Å². The first kappa shape index (κ1) is 12.0. The maximum absolute atomic E-state index is 11.4. The first-order valence-electron chi connectivity index (χ1n) is 5.73. The third-order valence-corrected chi connectivity index (χ3v) is 3.40. The summed E-state index contributed by atoms with van der Waals surface area (Å²) in [7, 11) is 0. The summed E-state index contributed by atoms with van der Waals surface area (Å²) < 4.78 is 0. The molecule has 2 saturated heterocycles. The SMILES string of the molecule is O=C(O)N1CCC(O)(CN2CCNC2=O)CC1. The number of hydrogen-bond acceptors (Lipinski definition) is 3. The fourth-order valence-corrected chi connectivity index (χ4v) is 2.29. The highest BCUT2D eigenvalue weighted by molar-refractivity contribution is 5.76. The van der Waals surface area contributed by atoms with Gasteiger partial charge >= 0.3 is 12.1 Å². The second-order valence-electron chi connectivity index (χ2n) is 4.65. The number of carbonyl (C=O) groups excluding carboxylic acids is 1. The number of urea groups is 1. The van der Waals surface area contributed by atoms with Gasteiger partial charge in [0.2, 0.25) is 0 Å². The van der Waals surface area contributed by atoms with Gasteiger partial charge in [-0.3, -0.25) is 0 Å². The molecule has 0 atom stereocenters. The third-order valence-electron chi connectivity index (χ3n) is 3.40. The Kier molecular flexibility index (Phi) is 3.10. The smallest absolute Gasteiger partial charge is 0.407 e. The number of carbonyl (C=O) groups is 2. The van der Waals surface area contributed by atoms with Crippen molar-refractivity contribution in [2.45, 2.75) is 18.4 Å². The van der Waals surface area contributed by atoms with Crippen LogP contribution in [0.15, 0.2) is 0 Å². The minimum absolute atomic E-state index is 0.154. The molecule has 2 fully saturated rings. The van der Waals surface area contributed by atoms with E-state index in [4.69, 9.17) is 5.11 Å². The Labute approximate surface area is 99.0 Å². The quantitative estimate of drug-likeness (QED) is 0.610. The van der Waals surface area contributed by atoms with Crippen LogP contribution >= 0.6 is 0 Å². The van der Waals surface area contributed by atoms with E-state index >= 15 is 0 Å². The summed E-state index contributed by atoms with van der Waals surface area (Å²) in [6.07, 6.45) is -0.197. The van der Waals surface area contributed by atoms with Gasteiger partial charge in [0.05, 0.1) is 12.1 Å². The van der Waals surface area contributed by atoms with E-state index in [0.29, 0.717) is 39.0 Å². The second-order valence-corrected chi connectivity index (χ2v) is 4.65. The molecule has 7 heteroatoms. The van der Waals surface area contributed by atoms with Crippen LogP contribution in [0.3, 0.4) is 0 Å². The van der Waals surface area contributed by atoms with Crippen molar-refractivity contribution in [1.29, 1.82) is 0 Å². The molecule has 0 aromatic carbocycles. The highest BCUT2D eigenvalue weighted by Gasteiger charge is 2.37. The van der Waals surface area contributed by atoms with Gasteiger partial charge in [0.25, 0.3) is 0 Å². The van der Waals surface area contributed by atoms with Crippen molar-refractivity contribution in [3.05, 3.63) is 0 Å². The normalized spacial score (nSPS) is 23.7. The fraction of sp³-hybridized carbons (Fsp3) is 0.800. The molecule has 96 valence electrons. The summed E-state index contributed by atoms with van der Waals surface area (Å²) in [5, 5.41) is 21.8. The molecule has 0 aromatic rings. The summed E-state index contributed by atoms with van der Waals surface area (Å²) in [5.74, 6) is 0. The zero-order valence-corrected chi connectivity index (χ0v) is 9.56.